The summed E-state index contributed by atoms with van der Waals surface area (Å²) in [6, 6.07) is 15.2. The third-order valence-corrected chi connectivity index (χ3v) is 2.41. The second kappa shape index (κ2) is 5.80. The predicted octanol–water partition coefficient (Wildman–Crippen LogP) is 2.77. The lowest BCUT2D eigenvalue weighted by Gasteiger charge is -2.04. The van der Waals surface area contributed by atoms with Gasteiger partial charge in [-0.25, -0.2) is 0 Å². The molecular formula is C14H14N2O. The van der Waals surface area contributed by atoms with Gasteiger partial charge < -0.3 is 5.32 Å². The minimum absolute atomic E-state index is 0.0639. The van der Waals surface area contributed by atoms with Crippen molar-refractivity contribution in [2.24, 2.45) is 0 Å². The molecular weight excluding hydrogens is 212 g/mol. The first kappa shape index (κ1) is 11.3. The van der Waals surface area contributed by atoms with Crippen molar-refractivity contribution >= 4 is 11.5 Å². The van der Waals surface area contributed by atoms with Crippen LogP contribution in [-0.4, -0.2) is 17.3 Å². The number of carbonyl (C=O) groups excluding carboxylic acids is 1. The van der Waals surface area contributed by atoms with Gasteiger partial charge in [-0.15, -0.1) is 0 Å². The molecule has 1 aromatic carbocycles. The molecule has 86 valence electrons. The topological polar surface area (TPSA) is 42.0 Å². The minimum atomic E-state index is 0.0639. The van der Waals surface area contributed by atoms with E-state index < -0.39 is 0 Å². The average molecular weight is 226 g/mol. The number of hydrogen-bond donors (Lipinski definition) is 1. The van der Waals surface area contributed by atoms with Crippen LogP contribution in [0.4, 0.5) is 5.69 Å². The highest BCUT2D eigenvalue weighted by Gasteiger charge is 2.05. The van der Waals surface area contributed by atoms with E-state index in [4.69, 9.17) is 0 Å². The van der Waals surface area contributed by atoms with E-state index in [9.17, 15) is 4.79 Å². The Hall–Kier alpha value is -2.16. The molecule has 0 aliphatic heterocycles. The third kappa shape index (κ3) is 3.41. The minimum Gasteiger partial charge on any atom is -0.385 e. The Bertz CT molecular complexity index is 468. The number of hydrogen-bond acceptors (Lipinski definition) is 3. The molecule has 0 bridgehead atoms. The van der Waals surface area contributed by atoms with Gasteiger partial charge in [0.1, 0.15) is 5.69 Å². The molecule has 17 heavy (non-hydrogen) atoms. The number of Topliss-reactive ketones (excluding diaryl/α,β-unsaturated/α-hetero) is 1. The van der Waals surface area contributed by atoms with Gasteiger partial charge in [0.05, 0.1) is 0 Å². The number of rotatable bonds is 5. The fourth-order valence-electron chi connectivity index (χ4n) is 1.53. The van der Waals surface area contributed by atoms with E-state index in [1.165, 1.54) is 0 Å². The van der Waals surface area contributed by atoms with Gasteiger partial charge >= 0.3 is 0 Å². The van der Waals surface area contributed by atoms with Gasteiger partial charge in [-0.05, 0) is 24.3 Å². The molecule has 3 nitrogen and oxygen atoms in total. The number of nitrogens with zero attached hydrogens (tertiary/aromatic N) is 1. The summed E-state index contributed by atoms with van der Waals surface area (Å²) in [5, 5.41) is 3.20. The van der Waals surface area contributed by atoms with Crippen molar-refractivity contribution in [3.63, 3.8) is 0 Å². The summed E-state index contributed by atoms with van der Waals surface area (Å²) in [7, 11) is 0. The van der Waals surface area contributed by atoms with Crippen LogP contribution in [0.3, 0.4) is 0 Å². The van der Waals surface area contributed by atoms with Crippen LogP contribution >= 0.6 is 0 Å². The van der Waals surface area contributed by atoms with Gasteiger partial charge in [-0.1, -0.05) is 24.3 Å². The largest absolute Gasteiger partial charge is 0.385 e. The van der Waals surface area contributed by atoms with Crippen molar-refractivity contribution in [2.75, 3.05) is 11.9 Å². The molecule has 0 spiro atoms. The van der Waals surface area contributed by atoms with Gasteiger partial charge in [-0.3, -0.25) is 9.78 Å². The lowest BCUT2D eigenvalue weighted by Crippen LogP contribution is -2.09. The van der Waals surface area contributed by atoms with Crippen molar-refractivity contribution in [1.29, 1.82) is 0 Å². The number of para-hydroxylation sites is 1. The first-order valence-corrected chi connectivity index (χ1v) is 5.59. The predicted molar refractivity (Wildman–Crippen MR) is 68.1 cm³/mol. The van der Waals surface area contributed by atoms with Crippen LogP contribution in [0.25, 0.3) is 0 Å². The maximum atomic E-state index is 11.7. The van der Waals surface area contributed by atoms with Crippen LogP contribution in [0.5, 0.6) is 0 Å². The van der Waals surface area contributed by atoms with Crippen molar-refractivity contribution in [3.8, 4) is 0 Å². The van der Waals surface area contributed by atoms with Crippen molar-refractivity contribution in [2.45, 2.75) is 6.42 Å². The second-order valence-electron chi connectivity index (χ2n) is 3.68. The van der Waals surface area contributed by atoms with E-state index in [0.29, 0.717) is 18.7 Å². The monoisotopic (exact) mass is 226 g/mol. The van der Waals surface area contributed by atoms with Gasteiger partial charge in [0.2, 0.25) is 0 Å². The summed E-state index contributed by atoms with van der Waals surface area (Å²) < 4.78 is 0. The molecule has 0 unspecified atom stereocenters. The van der Waals surface area contributed by atoms with Crippen molar-refractivity contribution in [3.05, 3.63) is 60.4 Å². The first-order chi connectivity index (χ1) is 8.36. The summed E-state index contributed by atoms with van der Waals surface area (Å²) in [6.45, 7) is 0.624. The Kier molecular flexibility index (Phi) is 3.86. The molecule has 2 rings (SSSR count). The smallest absolute Gasteiger partial charge is 0.182 e. The second-order valence-corrected chi connectivity index (χ2v) is 3.68. The van der Waals surface area contributed by atoms with Crippen LogP contribution in [0.2, 0.25) is 0 Å². The summed E-state index contributed by atoms with van der Waals surface area (Å²) in [5.41, 5.74) is 1.56. The van der Waals surface area contributed by atoms with Crippen molar-refractivity contribution in [1.82, 2.24) is 4.98 Å². The molecule has 0 fully saturated rings. The Balaban J connectivity index is 1.82. The Morgan fingerprint density at radius 3 is 2.53 bits per heavy atom. The molecule has 3 heteroatoms. The number of anilines is 1. The van der Waals surface area contributed by atoms with Gasteiger partial charge in [0.25, 0.3) is 0 Å². The standard InChI is InChI=1S/C14H14N2O/c17-14(13-8-4-5-10-16-13)9-11-15-12-6-2-1-3-7-12/h1-8,10,15H,9,11H2. The molecule has 1 N–H and O–H groups in total. The molecule has 0 saturated carbocycles. The zero-order valence-electron chi connectivity index (χ0n) is 9.47. The quantitative estimate of drug-likeness (QED) is 0.797. The molecule has 0 aliphatic rings. The summed E-state index contributed by atoms with van der Waals surface area (Å²) in [4.78, 5) is 15.8. The van der Waals surface area contributed by atoms with Gasteiger partial charge in [0, 0.05) is 24.8 Å². The number of nitrogens with one attached hydrogen (secondary N) is 1. The highest BCUT2D eigenvalue weighted by molar-refractivity contribution is 5.94. The zero-order chi connectivity index (χ0) is 11.9. The number of benzene rings is 1. The number of ketones is 1. The number of aromatic nitrogens is 1. The van der Waals surface area contributed by atoms with Gasteiger partial charge in [0.15, 0.2) is 5.78 Å². The molecule has 0 atom stereocenters. The number of carbonyl (C=O) groups is 1. The highest BCUT2D eigenvalue weighted by Crippen LogP contribution is 2.05. The fourth-order valence-corrected chi connectivity index (χ4v) is 1.53. The lowest BCUT2D eigenvalue weighted by molar-refractivity contribution is 0.0982. The van der Waals surface area contributed by atoms with E-state index in [1.807, 2.05) is 36.4 Å². The molecule has 0 amide bonds. The Labute approximate surface area is 101 Å². The third-order valence-electron chi connectivity index (χ3n) is 2.41. The summed E-state index contributed by atoms with van der Waals surface area (Å²) in [6.07, 6.45) is 2.09. The maximum absolute atomic E-state index is 11.7. The molecule has 2 aromatic rings. The van der Waals surface area contributed by atoms with Gasteiger partial charge in [-0.2, -0.15) is 0 Å². The zero-order valence-corrected chi connectivity index (χ0v) is 9.47. The summed E-state index contributed by atoms with van der Waals surface area (Å²) in [5.74, 6) is 0.0639. The molecule has 1 heterocycles. The van der Waals surface area contributed by atoms with E-state index in [2.05, 4.69) is 10.3 Å². The Morgan fingerprint density at radius 2 is 1.82 bits per heavy atom. The van der Waals surface area contributed by atoms with Crippen LogP contribution in [-0.2, 0) is 0 Å². The Morgan fingerprint density at radius 1 is 1.06 bits per heavy atom. The van der Waals surface area contributed by atoms with E-state index >= 15 is 0 Å². The lowest BCUT2D eigenvalue weighted by atomic mass is 10.2. The maximum Gasteiger partial charge on any atom is 0.182 e. The van der Waals surface area contributed by atoms with E-state index in [-0.39, 0.29) is 5.78 Å². The van der Waals surface area contributed by atoms with Crippen molar-refractivity contribution < 1.29 is 4.79 Å². The molecule has 1 aromatic heterocycles. The fraction of sp³-hybridized carbons (Fsp3) is 0.143. The van der Waals surface area contributed by atoms with Crippen LogP contribution in [0.15, 0.2) is 54.7 Å². The summed E-state index contributed by atoms with van der Waals surface area (Å²) >= 11 is 0. The average Bonchev–Trinajstić information content (AvgIpc) is 2.41. The molecule has 0 aliphatic carbocycles. The molecule has 0 radical (unpaired) electrons. The SMILES string of the molecule is O=C(CCNc1ccccc1)c1ccccn1. The van der Waals surface area contributed by atoms with Crippen LogP contribution in [0, 0.1) is 0 Å². The van der Waals surface area contributed by atoms with E-state index in [0.717, 1.165) is 5.69 Å². The van der Waals surface area contributed by atoms with Crippen LogP contribution < -0.4 is 5.32 Å². The van der Waals surface area contributed by atoms with E-state index in [1.54, 1.807) is 18.3 Å². The normalized spacial score (nSPS) is 9.88. The first-order valence-electron chi connectivity index (χ1n) is 5.59. The number of pyridine rings is 1. The highest BCUT2D eigenvalue weighted by atomic mass is 16.1. The molecule has 0 saturated heterocycles. The van der Waals surface area contributed by atoms with Crippen LogP contribution in [0.1, 0.15) is 16.9 Å².